The zero-order valence-corrected chi connectivity index (χ0v) is 20.9. The third kappa shape index (κ3) is 5.64. The molecule has 0 amide bonds. The number of rotatable bonds is 11. The molecule has 0 spiro atoms. The molecule has 4 aromatic rings. The van der Waals surface area contributed by atoms with Gasteiger partial charge in [0.1, 0.15) is 17.6 Å². The Morgan fingerprint density at radius 2 is 1.14 bits per heavy atom. The average Bonchev–Trinajstić information content (AvgIpc) is 2.94. The summed E-state index contributed by atoms with van der Waals surface area (Å²) in [7, 11) is 3.86. The molecule has 3 heteroatoms. The lowest BCUT2D eigenvalue weighted by Crippen LogP contribution is -2.44. The molecule has 0 heterocycles. The van der Waals surface area contributed by atoms with E-state index in [0.717, 1.165) is 41.8 Å². The van der Waals surface area contributed by atoms with Gasteiger partial charge in [-0.3, -0.25) is 4.90 Å². The van der Waals surface area contributed by atoms with Crippen LogP contribution in [0.1, 0.15) is 35.6 Å². The van der Waals surface area contributed by atoms with Crippen LogP contribution in [-0.2, 0) is 16.8 Å². The average molecular weight is 466 g/mol. The molecule has 1 atom stereocenters. The Bertz CT molecular complexity index is 1050. The van der Waals surface area contributed by atoms with Crippen LogP contribution in [0.3, 0.4) is 0 Å². The van der Waals surface area contributed by atoms with Crippen molar-refractivity contribution in [2.75, 3.05) is 20.7 Å². The Balaban J connectivity index is 1.68. The maximum absolute atomic E-state index is 7.24. The number of likely N-dealkylation sites (N-methyl/N-ethyl adjacent to an activating group) is 1. The van der Waals surface area contributed by atoms with Gasteiger partial charge >= 0.3 is 0 Å². The maximum Gasteiger partial charge on any atom is 0.145 e. The smallest absolute Gasteiger partial charge is 0.145 e. The Morgan fingerprint density at radius 1 is 0.686 bits per heavy atom. The molecule has 0 radical (unpaired) electrons. The molecule has 3 nitrogen and oxygen atoms in total. The van der Waals surface area contributed by atoms with Crippen LogP contribution >= 0.6 is 0 Å². The minimum absolute atomic E-state index is 0.0751. The molecule has 0 N–H and O–H groups in total. The highest BCUT2D eigenvalue weighted by Gasteiger charge is 2.40. The van der Waals surface area contributed by atoms with Crippen LogP contribution < -0.4 is 4.74 Å². The summed E-state index contributed by atoms with van der Waals surface area (Å²) in [6, 6.07) is 40.1. The molecule has 4 rings (SSSR count). The van der Waals surface area contributed by atoms with Crippen molar-refractivity contribution < 1.29 is 9.47 Å². The van der Waals surface area contributed by atoms with Crippen molar-refractivity contribution in [3.05, 3.63) is 138 Å². The summed E-state index contributed by atoms with van der Waals surface area (Å²) in [5.41, 5.74) is 3.94. The molecular formula is C32H35NO2. The van der Waals surface area contributed by atoms with Crippen LogP contribution in [0.2, 0.25) is 0 Å². The van der Waals surface area contributed by atoms with Gasteiger partial charge in [-0.25, -0.2) is 0 Å². The van der Waals surface area contributed by atoms with Gasteiger partial charge in [0, 0.05) is 6.54 Å². The van der Waals surface area contributed by atoms with Gasteiger partial charge in [0.15, 0.2) is 0 Å². The fourth-order valence-electron chi connectivity index (χ4n) is 4.65. The van der Waals surface area contributed by atoms with Crippen molar-refractivity contribution in [1.82, 2.24) is 4.90 Å². The van der Waals surface area contributed by atoms with Crippen molar-refractivity contribution in [2.24, 2.45) is 0 Å². The highest BCUT2D eigenvalue weighted by Crippen LogP contribution is 2.42. The molecule has 0 aliphatic rings. The molecule has 0 fully saturated rings. The van der Waals surface area contributed by atoms with Crippen molar-refractivity contribution in [3.8, 4) is 5.75 Å². The molecule has 1 unspecified atom stereocenters. The molecule has 0 saturated heterocycles. The minimum atomic E-state index is -0.723. The van der Waals surface area contributed by atoms with E-state index in [9.17, 15) is 0 Å². The molecule has 4 aromatic carbocycles. The second-order valence-corrected chi connectivity index (χ2v) is 8.84. The van der Waals surface area contributed by atoms with E-state index < -0.39 is 5.60 Å². The van der Waals surface area contributed by atoms with E-state index in [-0.39, 0.29) is 6.23 Å². The van der Waals surface area contributed by atoms with Crippen LogP contribution in [0.4, 0.5) is 0 Å². The van der Waals surface area contributed by atoms with Gasteiger partial charge in [0.25, 0.3) is 0 Å². The minimum Gasteiger partial charge on any atom is -0.497 e. The lowest BCUT2D eigenvalue weighted by molar-refractivity contribution is -0.118. The molecule has 0 bridgehead atoms. The maximum atomic E-state index is 7.24. The van der Waals surface area contributed by atoms with E-state index in [2.05, 4.69) is 122 Å². The summed E-state index contributed by atoms with van der Waals surface area (Å²) in [5, 5.41) is 0. The summed E-state index contributed by atoms with van der Waals surface area (Å²) in [4.78, 5) is 2.33. The van der Waals surface area contributed by atoms with E-state index in [1.165, 1.54) is 5.56 Å². The van der Waals surface area contributed by atoms with E-state index in [1.54, 1.807) is 7.11 Å². The third-order valence-electron chi connectivity index (χ3n) is 6.61. The largest absolute Gasteiger partial charge is 0.497 e. The first-order valence-corrected chi connectivity index (χ1v) is 12.3. The molecule has 180 valence electrons. The van der Waals surface area contributed by atoms with Gasteiger partial charge in [-0.15, -0.1) is 0 Å². The number of hydrogen-bond acceptors (Lipinski definition) is 3. The first kappa shape index (κ1) is 24.7. The van der Waals surface area contributed by atoms with Gasteiger partial charge in [0.2, 0.25) is 0 Å². The van der Waals surface area contributed by atoms with Crippen LogP contribution in [-0.4, -0.2) is 31.8 Å². The Labute approximate surface area is 210 Å². The lowest BCUT2D eigenvalue weighted by atomic mass is 9.80. The summed E-state index contributed by atoms with van der Waals surface area (Å²) >= 11 is 0. The first-order valence-electron chi connectivity index (χ1n) is 12.3. The van der Waals surface area contributed by atoms with Crippen LogP contribution in [0.5, 0.6) is 5.75 Å². The van der Waals surface area contributed by atoms with Crippen LogP contribution in [0.15, 0.2) is 115 Å². The van der Waals surface area contributed by atoms with Gasteiger partial charge in [0.05, 0.1) is 7.11 Å². The number of nitrogens with zero attached hydrogens (tertiary/aromatic N) is 1. The van der Waals surface area contributed by atoms with Crippen molar-refractivity contribution in [2.45, 2.75) is 31.6 Å². The SMILES string of the molecule is CCC(OC(c1ccccc1)(c1ccccc1)c1ccccc1)N(C)CCc1ccc(OC)cc1. The van der Waals surface area contributed by atoms with Gasteiger partial charge in [-0.05, 0) is 54.3 Å². The van der Waals surface area contributed by atoms with Gasteiger partial charge in [-0.2, -0.15) is 0 Å². The summed E-state index contributed by atoms with van der Waals surface area (Å²) in [6.45, 7) is 3.08. The summed E-state index contributed by atoms with van der Waals surface area (Å²) in [6.07, 6.45) is 1.73. The Hall–Kier alpha value is -3.40. The second-order valence-electron chi connectivity index (χ2n) is 8.84. The standard InChI is InChI=1S/C32H35NO2/c1-4-31(33(2)25-24-26-20-22-30(34-3)23-21-26)35-32(27-14-8-5-9-15-27,28-16-10-6-11-17-28)29-18-12-7-13-19-29/h5-23,31H,4,24-25H2,1-3H3. The number of hydrogen-bond donors (Lipinski definition) is 0. The van der Waals surface area contributed by atoms with Gasteiger partial charge < -0.3 is 9.47 Å². The number of benzene rings is 4. The zero-order chi connectivity index (χ0) is 24.5. The Morgan fingerprint density at radius 3 is 1.54 bits per heavy atom. The van der Waals surface area contributed by atoms with Crippen molar-refractivity contribution >= 4 is 0 Å². The van der Waals surface area contributed by atoms with Crippen LogP contribution in [0.25, 0.3) is 0 Å². The second kappa shape index (κ2) is 11.8. The highest BCUT2D eigenvalue weighted by atomic mass is 16.5. The van der Waals surface area contributed by atoms with Crippen molar-refractivity contribution in [3.63, 3.8) is 0 Å². The summed E-state index contributed by atoms with van der Waals surface area (Å²) in [5.74, 6) is 0.884. The third-order valence-corrected chi connectivity index (χ3v) is 6.61. The highest BCUT2D eigenvalue weighted by molar-refractivity contribution is 5.47. The predicted octanol–water partition coefficient (Wildman–Crippen LogP) is 6.91. The predicted molar refractivity (Wildman–Crippen MR) is 144 cm³/mol. The van der Waals surface area contributed by atoms with Crippen LogP contribution in [0, 0.1) is 0 Å². The first-order chi connectivity index (χ1) is 17.2. The van der Waals surface area contributed by atoms with E-state index in [1.807, 2.05) is 12.1 Å². The summed E-state index contributed by atoms with van der Waals surface area (Å²) < 4.78 is 12.5. The lowest BCUT2D eigenvalue weighted by Gasteiger charge is -2.41. The fraction of sp³-hybridized carbons (Fsp3) is 0.250. The normalized spacial score (nSPS) is 12.5. The molecule has 0 aliphatic heterocycles. The molecule has 35 heavy (non-hydrogen) atoms. The Kier molecular flexibility index (Phi) is 8.36. The fourth-order valence-corrected chi connectivity index (χ4v) is 4.65. The quantitative estimate of drug-likeness (QED) is 0.177. The monoisotopic (exact) mass is 465 g/mol. The number of methoxy groups -OCH3 is 1. The molecular weight excluding hydrogens is 430 g/mol. The van der Waals surface area contributed by atoms with E-state index in [4.69, 9.17) is 9.47 Å². The molecule has 0 aliphatic carbocycles. The van der Waals surface area contributed by atoms with E-state index in [0.29, 0.717) is 0 Å². The molecule has 0 aromatic heterocycles. The zero-order valence-electron chi connectivity index (χ0n) is 20.9. The van der Waals surface area contributed by atoms with E-state index >= 15 is 0 Å². The molecule has 0 saturated carbocycles. The van der Waals surface area contributed by atoms with Gasteiger partial charge in [-0.1, -0.05) is 110 Å². The number of ether oxygens (including phenoxy) is 2. The van der Waals surface area contributed by atoms with Crippen molar-refractivity contribution in [1.29, 1.82) is 0 Å². The topological polar surface area (TPSA) is 21.7 Å².